The van der Waals surface area contributed by atoms with Crippen molar-refractivity contribution in [1.29, 1.82) is 0 Å². The standard InChI is InChI=1S/C43H72O3P/c1-15-16-17-18-19-20-21-22-23-24-25-26-47(44)45-38-34(27-32(40(3,4)5)29-36(38)42(9,10)11)31(2)35-28-33(41(6,7)8)30-37(39(35)46-47)43(12,13)14/h27-31,44H,15-26H2,1-14H3/q+1. The van der Waals surface area contributed by atoms with Crippen molar-refractivity contribution >= 4 is 7.94 Å². The molecular formula is C43H72O3P+. The molecule has 0 bridgehead atoms. The maximum Gasteiger partial charge on any atom is 0.495 e. The number of benzene rings is 2. The van der Waals surface area contributed by atoms with E-state index in [2.05, 4.69) is 121 Å². The van der Waals surface area contributed by atoms with E-state index in [0.29, 0.717) is 6.16 Å². The van der Waals surface area contributed by atoms with Crippen LogP contribution in [0.5, 0.6) is 11.5 Å². The summed E-state index contributed by atoms with van der Waals surface area (Å²) in [5.74, 6) is 1.70. The van der Waals surface area contributed by atoms with Crippen LogP contribution in [0.1, 0.15) is 207 Å². The lowest BCUT2D eigenvalue weighted by molar-refractivity contribution is 0.327. The third-order valence-corrected chi connectivity index (χ3v) is 11.8. The van der Waals surface area contributed by atoms with E-state index in [4.69, 9.17) is 9.05 Å². The summed E-state index contributed by atoms with van der Waals surface area (Å²) in [4.78, 5) is 12.6. The number of unbranched alkanes of at least 4 members (excludes halogenated alkanes) is 10. The van der Waals surface area contributed by atoms with Crippen molar-refractivity contribution < 1.29 is 13.9 Å². The van der Waals surface area contributed by atoms with E-state index in [0.717, 1.165) is 46.6 Å². The van der Waals surface area contributed by atoms with Crippen molar-refractivity contribution in [2.24, 2.45) is 0 Å². The Hall–Kier alpha value is -1.57. The molecule has 266 valence electrons. The van der Waals surface area contributed by atoms with E-state index in [1.54, 1.807) is 0 Å². The molecule has 4 heteroatoms. The van der Waals surface area contributed by atoms with Gasteiger partial charge in [-0.1, -0.05) is 179 Å². The highest BCUT2D eigenvalue weighted by atomic mass is 31.2. The Morgan fingerprint density at radius 1 is 0.532 bits per heavy atom. The molecule has 0 aromatic heterocycles. The topological polar surface area (TPSA) is 38.7 Å². The van der Waals surface area contributed by atoms with Gasteiger partial charge >= 0.3 is 7.94 Å². The van der Waals surface area contributed by atoms with Crippen molar-refractivity contribution in [2.75, 3.05) is 6.16 Å². The van der Waals surface area contributed by atoms with Crippen LogP contribution in [-0.4, -0.2) is 11.1 Å². The van der Waals surface area contributed by atoms with Crippen LogP contribution in [0.4, 0.5) is 0 Å². The summed E-state index contributed by atoms with van der Waals surface area (Å²) < 4.78 is 14.0. The third kappa shape index (κ3) is 10.7. The molecule has 47 heavy (non-hydrogen) atoms. The zero-order valence-corrected chi connectivity index (χ0v) is 34.0. The van der Waals surface area contributed by atoms with Crippen LogP contribution in [0.2, 0.25) is 0 Å². The van der Waals surface area contributed by atoms with Gasteiger partial charge in [0.25, 0.3) is 0 Å². The average Bonchev–Trinajstić information content (AvgIpc) is 2.92. The molecule has 1 heterocycles. The van der Waals surface area contributed by atoms with E-state index in [-0.39, 0.29) is 27.6 Å². The third-order valence-electron chi connectivity index (χ3n) is 10.0. The molecule has 1 aliphatic rings. The Kier molecular flexibility index (Phi) is 13.2. The molecule has 3 nitrogen and oxygen atoms in total. The van der Waals surface area contributed by atoms with Crippen LogP contribution < -0.4 is 9.05 Å². The number of hydrogen-bond acceptors (Lipinski definition) is 3. The van der Waals surface area contributed by atoms with Gasteiger partial charge < -0.3 is 0 Å². The van der Waals surface area contributed by atoms with Gasteiger partial charge in [-0.25, -0.2) is 0 Å². The molecule has 0 amide bonds. The quantitative estimate of drug-likeness (QED) is 0.181. The van der Waals surface area contributed by atoms with Gasteiger partial charge in [0.15, 0.2) is 17.7 Å². The molecule has 1 N–H and O–H groups in total. The lowest BCUT2D eigenvalue weighted by atomic mass is 9.74. The summed E-state index contributed by atoms with van der Waals surface area (Å²) in [5, 5.41) is 0. The van der Waals surface area contributed by atoms with E-state index in [1.807, 2.05) is 0 Å². The lowest BCUT2D eigenvalue weighted by Gasteiger charge is -2.35. The first-order valence-electron chi connectivity index (χ1n) is 19.0. The minimum absolute atomic E-state index is 0.0266. The zero-order valence-electron chi connectivity index (χ0n) is 33.1. The van der Waals surface area contributed by atoms with Crippen LogP contribution in [0.15, 0.2) is 24.3 Å². The highest BCUT2D eigenvalue weighted by Crippen LogP contribution is 2.63. The SMILES string of the molecule is CCCCCCCCCCCCC[P+]1(O)Oc2c(cc(C(C)(C)C)cc2C(C)(C)C)C(C)c2cc(C(C)(C)C)cc(C(C)(C)C)c2O1. The molecule has 1 aliphatic heterocycles. The molecule has 3 rings (SSSR count). The predicted octanol–water partition coefficient (Wildman–Crippen LogP) is 13.9. The summed E-state index contributed by atoms with van der Waals surface area (Å²) >= 11 is 0. The number of rotatable bonds is 12. The first-order valence-corrected chi connectivity index (χ1v) is 20.7. The summed E-state index contributed by atoms with van der Waals surface area (Å²) in [7, 11) is -3.31. The first-order chi connectivity index (χ1) is 21.6. The Morgan fingerprint density at radius 2 is 0.872 bits per heavy atom. The summed E-state index contributed by atoms with van der Waals surface area (Å²) in [5.41, 5.74) is 6.84. The van der Waals surface area contributed by atoms with Crippen LogP contribution in [-0.2, 0) is 21.7 Å². The molecule has 0 fully saturated rings. The van der Waals surface area contributed by atoms with E-state index in [9.17, 15) is 4.89 Å². The molecule has 2 aromatic carbocycles. The minimum atomic E-state index is -3.31. The zero-order chi connectivity index (χ0) is 35.4. The molecule has 0 spiro atoms. The second kappa shape index (κ2) is 15.5. The van der Waals surface area contributed by atoms with Crippen molar-refractivity contribution in [1.82, 2.24) is 0 Å². The molecule has 0 saturated heterocycles. The first kappa shape index (κ1) is 39.9. The van der Waals surface area contributed by atoms with Crippen LogP contribution in [0, 0.1) is 0 Å². The molecule has 0 saturated carbocycles. The van der Waals surface area contributed by atoms with Crippen molar-refractivity contribution in [2.45, 2.75) is 195 Å². The second-order valence-corrected chi connectivity index (χ2v) is 20.8. The van der Waals surface area contributed by atoms with Gasteiger partial charge in [-0.3, -0.25) is 9.05 Å². The molecule has 0 atom stereocenters. The van der Waals surface area contributed by atoms with Crippen LogP contribution in [0.25, 0.3) is 0 Å². The Bertz CT molecular complexity index is 1230. The number of fused-ring (bicyclic) bond motifs is 2. The van der Waals surface area contributed by atoms with Gasteiger partial charge in [-0.2, -0.15) is 4.89 Å². The summed E-state index contributed by atoms with van der Waals surface area (Å²) in [6.07, 6.45) is 14.4. The fourth-order valence-electron chi connectivity index (χ4n) is 6.67. The van der Waals surface area contributed by atoms with Crippen LogP contribution in [0.3, 0.4) is 0 Å². The Labute approximate surface area is 291 Å². The maximum absolute atomic E-state index is 12.6. The molecule has 0 aliphatic carbocycles. The van der Waals surface area contributed by atoms with E-state index < -0.39 is 7.94 Å². The monoisotopic (exact) mass is 668 g/mol. The number of hydrogen-bond donors (Lipinski definition) is 1. The van der Waals surface area contributed by atoms with Gasteiger partial charge in [0.05, 0.1) is 0 Å². The molecule has 0 radical (unpaired) electrons. The maximum atomic E-state index is 12.6. The Morgan fingerprint density at radius 3 is 1.19 bits per heavy atom. The average molecular weight is 668 g/mol. The van der Waals surface area contributed by atoms with E-state index >= 15 is 0 Å². The summed E-state index contributed by atoms with van der Waals surface area (Å²) in [6, 6.07) is 9.37. The van der Waals surface area contributed by atoms with Gasteiger partial charge in [-0.05, 0) is 45.6 Å². The normalized spacial score (nSPS) is 18.9. The van der Waals surface area contributed by atoms with E-state index in [1.165, 1.54) is 68.9 Å². The highest BCUT2D eigenvalue weighted by molar-refractivity contribution is 7.61. The van der Waals surface area contributed by atoms with Crippen LogP contribution >= 0.6 is 7.94 Å². The summed E-state index contributed by atoms with van der Waals surface area (Å²) in [6.45, 7) is 31.9. The largest absolute Gasteiger partial charge is 0.495 e. The van der Waals surface area contributed by atoms with Gasteiger partial charge in [-0.15, -0.1) is 0 Å². The molecular weight excluding hydrogens is 595 g/mol. The molecule has 2 aromatic rings. The fraction of sp³-hybridized carbons (Fsp3) is 0.721. The van der Waals surface area contributed by atoms with Crippen molar-refractivity contribution in [3.63, 3.8) is 0 Å². The van der Waals surface area contributed by atoms with Gasteiger partial charge in [0.2, 0.25) is 0 Å². The second-order valence-electron chi connectivity index (χ2n) is 18.7. The minimum Gasteiger partial charge on any atom is -0.277 e. The highest BCUT2D eigenvalue weighted by Gasteiger charge is 2.49. The van der Waals surface area contributed by atoms with Gasteiger partial charge in [0.1, 0.15) is 0 Å². The smallest absolute Gasteiger partial charge is 0.277 e. The predicted molar refractivity (Wildman–Crippen MR) is 207 cm³/mol. The van der Waals surface area contributed by atoms with Crippen molar-refractivity contribution in [3.8, 4) is 11.5 Å². The fourth-order valence-corrected chi connectivity index (χ4v) is 8.49. The van der Waals surface area contributed by atoms with Crippen molar-refractivity contribution in [3.05, 3.63) is 57.6 Å². The lowest BCUT2D eigenvalue weighted by Crippen LogP contribution is -2.25. The van der Waals surface area contributed by atoms with Gasteiger partial charge in [0, 0.05) is 28.2 Å². The Balaban J connectivity index is 2.08. The molecule has 0 unspecified atom stereocenters.